The van der Waals surface area contributed by atoms with E-state index in [1.165, 1.54) is 60.8 Å². The summed E-state index contributed by atoms with van der Waals surface area (Å²) in [5.41, 5.74) is 16.7. The molecule has 0 fully saturated rings. The number of hydrogen-bond acceptors (Lipinski definition) is 2. The van der Waals surface area contributed by atoms with Gasteiger partial charge in [-0.15, -0.1) is 0 Å². The van der Waals surface area contributed by atoms with Crippen molar-refractivity contribution < 1.29 is 0 Å². The van der Waals surface area contributed by atoms with Gasteiger partial charge in [-0.1, -0.05) is 224 Å². The van der Waals surface area contributed by atoms with Crippen molar-refractivity contribution in [3.05, 3.63) is 265 Å². The van der Waals surface area contributed by atoms with Crippen LogP contribution in [0.5, 0.6) is 0 Å². The van der Waals surface area contributed by atoms with E-state index >= 15 is 0 Å². The van der Waals surface area contributed by atoms with E-state index in [1.54, 1.807) is 0 Å². The van der Waals surface area contributed by atoms with Gasteiger partial charge in [0, 0.05) is 16.7 Å². The predicted molar refractivity (Wildman–Crippen MR) is 262 cm³/mol. The molecule has 12 rings (SSSR count). The Hall–Kier alpha value is -8.20. The Morgan fingerprint density at radius 3 is 1.51 bits per heavy atom. The molecule has 0 spiro atoms. The van der Waals surface area contributed by atoms with Crippen LogP contribution in [-0.2, 0) is 5.41 Å². The Bertz CT molecular complexity index is 3450. The Labute approximate surface area is 367 Å². The minimum absolute atomic E-state index is 0.542. The Balaban J connectivity index is 1.09. The van der Waals surface area contributed by atoms with Crippen molar-refractivity contribution in [3.63, 3.8) is 0 Å². The zero-order chi connectivity index (χ0) is 41.7. The number of benzene rings is 10. The topological polar surface area (TPSA) is 25.8 Å². The monoisotopic (exact) mass is 800 g/mol. The summed E-state index contributed by atoms with van der Waals surface area (Å²) in [6.45, 7) is 0. The summed E-state index contributed by atoms with van der Waals surface area (Å²) in [5.74, 6) is 0.696. The molecule has 0 saturated carbocycles. The molecule has 1 aliphatic rings. The molecule has 0 atom stereocenters. The molecular formula is C61H40N2. The van der Waals surface area contributed by atoms with Crippen LogP contribution >= 0.6 is 0 Å². The average molecular weight is 801 g/mol. The lowest BCUT2D eigenvalue weighted by atomic mass is 9.66. The van der Waals surface area contributed by atoms with Crippen molar-refractivity contribution in [1.82, 2.24) is 9.97 Å². The molecule has 10 aromatic carbocycles. The average Bonchev–Trinajstić information content (AvgIpc) is 3.69. The van der Waals surface area contributed by atoms with E-state index in [-0.39, 0.29) is 0 Å². The largest absolute Gasteiger partial charge is 0.228 e. The van der Waals surface area contributed by atoms with Crippen LogP contribution in [0.3, 0.4) is 0 Å². The standard InChI is InChI=1S/C61H40N2/c1-5-19-41(20-6-1)44-24-17-25-45(39-44)57-40-56(43-22-7-2-8-23-43)62-60(63-57)53-38-37-51(49-31-15-16-32-50(49)53)52-33-18-34-55-58(52)54-36-35-42-21-13-14-30-48(42)59(54)61(55,46-26-9-3-10-27-46)47-28-11-4-12-29-47/h1-40H. The smallest absolute Gasteiger partial charge is 0.161 e. The summed E-state index contributed by atoms with van der Waals surface area (Å²) >= 11 is 0. The highest BCUT2D eigenvalue weighted by molar-refractivity contribution is 6.10. The first kappa shape index (κ1) is 36.6. The van der Waals surface area contributed by atoms with E-state index in [1.807, 2.05) is 6.07 Å². The highest BCUT2D eigenvalue weighted by atomic mass is 14.9. The molecule has 1 heterocycles. The quantitative estimate of drug-likeness (QED) is 0.160. The van der Waals surface area contributed by atoms with Crippen LogP contribution < -0.4 is 0 Å². The molecule has 0 aliphatic heterocycles. The Morgan fingerprint density at radius 2 is 0.810 bits per heavy atom. The number of hydrogen-bond donors (Lipinski definition) is 0. The minimum atomic E-state index is -0.542. The van der Waals surface area contributed by atoms with Crippen molar-refractivity contribution in [3.8, 4) is 67.3 Å². The van der Waals surface area contributed by atoms with Crippen molar-refractivity contribution in [2.45, 2.75) is 5.41 Å². The minimum Gasteiger partial charge on any atom is -0.228 e. The van der Waals surface area contributed by atoms with Crippen molar-refractivity contribution >= 4 is 21.5 Å². The fourth-order valence-electron chi connectivity index (χ4n) is 10.2. The summed E-state index contributed by atoms with van der Waals surface area (Å²) in [6, 6.07) is 87.7. The molecule has 0 amide bonds. The second-order valence-corrected chi connectivity index (χ2v) is 16.4. The molecular weight excluding hydrogens is 761 g/mol. The fourth-order valence-corrected chi connectivity index (χ4v) is 10.2. The van der Waals surface area contributed by atoms with Gasteiger partial charge < -0.3 is 0 Å². The molecule has 2 nitrogen and oxygen atoms in total. The summed E-state index contributed by atoms with van der Waals surface area (Å²) in [5, 5.41) is 4.77. The number of rotatable bonds is 7. The highest BCUT2D eigenvalue weighted by Gasteiger charge is 2.48. The maximum absolute atomic E-state index is 5.38. The Morgan fingerprint density at radius 1 is 0.302 bits per heavy atom. The summed E-state index contributed by atoms with van der Waals surface area (Å²) in [7, 11) is 0. The van der Waals surface area contributed by atoms with Crippen molar-refractivity contribution in [2.75, 3.05) is 0 Å². The van der Waals surface area contributed by atoms with Gasteiger partial charge in [0.2, 0.25) is 0 Å². The third kappa shape index (κ3) is 5.95. The molecule has 294 valence electrons. The highest BCUT2D eigenvalue weighted by Crippen LogP contribution is 2.60. The fraction of sp³-hybridized carbons (Fsp3) is 0.0164. The molecule has 1 aromatic heterocycles. The van der Waals surface area contributed by atoms with Crippen molar-refractivity contribution in [2.24, 2.45) is 0 Å². The maximum Gasteiger partial charge on any atom is 0.161 e. The second kappa shape index (κ2) is 15.1. The van der Waals surface area contributed by atoms with E-state index in [0.29, 0.717) is 5.82 Å². The molecule has 11 aromatic rings. The molecule has 0 radical (unpaired) electrons. The second-order valence-electron chi connectivity index (χ2n) is 16.4. The molecule has 0 N–H and O–H groups in total. The first-order chi connectivity index (χ1) is 31.3. The third-order valence-corrected chi connectivity index (χ3v) is 13.0. The number of aromatic nitrogens is 2. The van der Waals surface area contributed by atoms with Gasteiger partial charge in [-0.05, 0) is 95.4 Å². The van der Waals surface area contributed by atoms with Crippen LogP contribution in [0.25, 0.3) is 88.8 Å². The zero-order valence-electron chi connectivity index (χ0n) is 34.5. The van der Waals surface area contributed by atoms with Gasteiger partial charge in [-0.3, -0.25) is 0 Å². The van der Waals surface area contributed by atoms with Gasteiger partial charge in [-0.25, -0.2) is 9.97 Å². The summed E-state index contributed by atoms with van der Waals surface area (Å²) in [4.78, 5) is 10.7. The molecule has 63 heavy (non-hydrogen) atoms. The molecule has 1 aliphatic carbocycles. The van der Waals surface area contributed by atoms with Gasteiger partial charge >= 0.3 is 0 Å². The van der Waals surface area contributed by atoms with E-state index < -0.39 is 5.41 Å². The van der Waals surface area contributed by atoms with Crippen LogP contribution in [-0.4, -0.2) is 9.97 Å². The van der Waals surface area contributed by atoms with Crippen LogP contribution in [0.2, 0.25) is 0 Å². The van der Waals surface area contributed by atoms with Gasteiger partial charge in [0.05, 0.1) is 16.8 Å². The van der Waals surface area contributed by atoms with Crippen LogP contribution in [0.15, 0.2) is 243 Å². The van der Waals surface area contributed by atoms with Gasteiger partial charge in [0.25, 0.3) is 0 Å². The van der Waals surface area contributed by atoms with Crippen LogP contribution in [0.1, 0.15) is 22.3 Å². The lowest BCUT2D eigenvalue weighted by Gasteiger charge is -2.34. The molecule has 0 unspecified atom stereocenters. The summed E-state index contributed by atoms with van der Waals surface area (Å²) < 4.78 is 0. The van der Waals surface area contributed by atoms with Crippen LogP contribution in [0.4, 0.5) is 0 Å². The predicted octanol–water partition coefficient (Wildman–Crippen LogP) is 15.5. The third-order valence-electron chi connectivity index (χ3n) is 13.0. The van der Waals surface area contributed by atoms with Crippen LogP contribution in [0, 0.1) is 0 Å². The lowest BCUT2D eigenvalue weighted by Crippen LogP contribution is -2.28. The number of nitrogens with zero attached hydrogens (tertiary/aromatic N) is 2. The molecule has 2 heteroatoms. The first-order valence-electron chi connectivity index (χ1n) is 21.7. The molecule has 0 bridgehead atoms. The lowest BCUT2D eigenvalue weighted by molar-refractivity contribution is 0.775. The maximum atomic E-state index is 5.38. The summed E-state index contributed by atoms with van der Waals surface area (Å²) in [6.07, 6.45) is 0. The molecule has 0 saturated heterocycles. The van der Waals surface area contributed by atoms with Gasteiger partial charge in [0.15, 0.2) is 5.82 Å². The Kier molecular flexibility index (Phi) is 8.76. The first-order valence-corrected chi connectivity index (χ1v) is 21.7. The van der Waals surface area contributed by atoms with Gasteiger partial charge in [-0.2, -0.15) is 0 Å². The zero-order valence-corrected chi connectivity index (χ0v) is 34.5. The van der Waals surface area contributed by atoms with Gasteiger partial charge in [0.1, 0.15) is 0 Å². The van der Waals surface area contributed by atoms with E-state index in [0.717, 1.165) is 44.4 Å². The SMILES string of the molecule is c1ccc(-c2cccc(-c3cc(-c4ccccc4)nc(-c4ccc(-c5cccc6c5-c5ccc7ccccc7c5C6(c5ccccc5)c5ccccc5)c5ccccc45)n3)c2)cc1. The normalized spacial score (nSPS) is 12.6. The van der Waals surface area contributed by atoms with E-state index in [9.17, 15) is 0 Å². The van der Waals surface area contributed by atoms with E-state index in [2.05, 4.69) is 237 Å². The van der Waals surface area contributed by atoms with E-state index in [4.69, 9.17) is 9.97 Å². The number of fused-ring (bicyclic) bond motifs is 6. The van der Waals surface area contributed by atoms with Crippen molar-refractivity contribution in [1.29, 1.82) is 0 Å².